The van der Waals surface area contributed by atoms with Crippen molar-refractivity contribution in [2.75, 3.05) is 19.8 Å². The summed E-state index contributed by atoms with van der Waals surface area (Å²) in [7, 11) is 0. The molecule has 0 heterocycles. The van der Waals surface area contributed by atoms with Crippen LogP contribution in [0.2, 0.25) is 0 Å². The molecule has 0 N–H and O–H groups in total. The van der Waals surface area contributed by atoms with Gasteiger partial charge in [-0.25, -0.2) is 4.79 Å². The highest BCUT2D eigenvalue weighted by Crippen LogP contribution is 2.02. The van der Waals surface area contributed by atoms with Gasteiger partial charge in [0.25, 0.3) is 0 Å². The van der Waals surface area contributed by atoms with E-state index < -0.39 is 5.97 Å². The molecule has 0 aromatic rings. The van der Waals surface area contributed by atoms with Crippen molar-refractivity contribution in [1.29, 1.82) is 0 Å². The maximum Gasteiger partial charge on any atom is 0.333 e. The number of carbonyl (C=O) groups is 2. The van der Waals surface area contributed by atoms with Crippen LogP contribution in [0.5, 0.6) is 0 Å². The van der Waals surface area contributed by atoms with Gasteiger partial charge in [-0.05, 0) is 27.7 Å². The van der Waals surface area contributed by atoms with Gasteiger partial charge in [-0.2, -0.15) is 0 Å². The lowest BCUT2D eigenvalue weighted by molar-refractivity contribution is -0.151. The molecule has 6 heteroatoms. The number of rotatable bonds is 10. The van der Waals surface area contributed by atoms with Crippen molar-refractivity contribution in [3.05, 3.63) is 12.2 Å². The van der Waals surface area contributed by atoms with Gasteiger partial charge in [-0.15, -0.1) is 0 Å². The van der Waals surface area contributed by atoms with Gasteiger partial charge in [-0.1, -0.05) is 6.58 Å². The molecule has 0 aliphatic carbocycles. The van der Waals surface area contributed by atoms with Crippen LogP contribution >= 0.6 is 0 Å². The first-order chi connectivity index (χ1) is 9.72. The van der Waals surface area contributed by atoms with Gasteiger partial charge in [0, 0.05) is 12.5 Å². The summed E-state index contributed by atoms with van der Waals surface area (Å²) in [5.74, 6) is -0.757. The van der Waals surface area contributed by atoms with E-state index in [2.05, 4.69) is 6.58 Å². The summed E-state index contributed by atoms with van der Waals surface area (Å²) in [6, 6.07) is 0. The summed E-state index contributed by atoms with van der Waals surface area (Å²) < 4.78 is 20.9. The Labute approximate surface area is 126 Å². The Morgan fingerprint density at radius 1 is 0.905 bits per heavy atom. The number of ether oxygens (including phenoxy) is 4. The summed E-state index contributed by atoms with van der Waals surface area (Å²) >= 11 is 0. The normalized spacial score (nSPS) is 14.9. The minimum Gasteiger partial charge on any atom is -0.460 e. The fourth-order valence-electron chi connectivity index (χ4n) is 1.33. The minimum atomic E-state index is -0.426. The van der Waals surface area contributed by atoms with E-state index >= 15 is 0 Å². The highest BCUT2D eigenvalue weighted by atomic mass is 16.6. The van der Waals surface area contributed by atoms with Gasteiger partial charge in [0.05, 0.1) is 25.4 Å². The molecule has 122 valence electrons. The van der Waals surface area contributed by atoms with Crippen molar-refractivity contribution in [1.82, 2.24) is 0 Å². The second-order valence-corrected chi connectivity index (χ2v) is 5.09. The smallest absolute Gasteiger partial charge is 0.333 e. The predicted molar refractivity (Wildman–Crippen MR) is 77.8 cm³/mol. The lowest BCUT2D eigenvalue weighted by atomic mass is 10.3. The molecule has 0 aliphatic heterocycles. The molecule has 3 atom stereocenters. The molecule has 0 spiro atoms. The van der Waals surface area contributed by atoms with Crippen molar-refractivity contribution in [2.24, 2.45) is 0 Å². The van der Waals surface area contributed by atoms with Crippen LogP contribution in [-0.2, 0) is 28.5 Å². The molecule has 0 radical (unpaired) electrons. The fourth-order valence-corrected chi connectivity index (χ4v) is 1.33. The maximum atomic E-state index is 11.2. The number of hydrogen-bond acceptors (Lipinski definition) is 6. The molecule has 6 nitrogen and oxygen atoms in total. The van der Waals surface area contributed by atoms with E-state index in [1.165, 1.54) is 6.92 Å². The van der Waals surface area contributed by atoms with E-state index in [0.29, 0.717) is 18.8 Å². The van der Waals surface area contributed by atoms with Crippen molar-refractivity contribution in [3.63, 3.8) is 0 Å². The summed E-state index contributed by atoms with van der Waals surface area (Å²) in [6.07, 6.45) is -0.675. The summed E-state index contributed by atoms with van der Waals surface area (Å²) in [5.41, 5.74) is 0.360. The number of hydrogen-bond donors (Lipinski definition) is 0. The van der Waals surface area contributed by atoms with Crippen molar-refractivity contribution in [2.45, 2.75) is 52.9 Å². The molecule has 0 aliphatic rings. The van der Waals surface area contributed by atoms with Crippen LogP contribution in [0.25, 0.3) is 0 Å². The minimum absolute atomic E-state index is 0.151. The molecule has 0 aromatic carbocycles. The van der Waals surface area contributed by atoms with Crippen molar-refractivity contribution >= 4 is 11.9 Å². The zero-order valence-electron chi connectivity index (χ0n) is 13.5. The molecular formula is C15H26O6. The third kappa shape index (κ3) is 11.0. The Balaban J connectivity index is 3.76. The summed E-state index contributed by atoms with van der Waals surface area (Å²) in [4.78, 5) is 21.9. The highest BCUT2D eigenvalue weighted by Gasteiger charge is 2.12. The zero-order chi connectivity index (χ0) is 16.4. The first kappa shape index (κ1) is 19.6. The topological polar surface area (TPSA) is 71.1 Å². The average Bonchev–Trinajstić information content (AvgIpc) is 2.39. The van der Waals surface area contributed by atoms with Gasteiger partial charge < -0.3 is 18.9 Å². The van der Waals surface area contributed by atoms with Gasteiger partial charge >= 0.3 is 11.9 Å². The molecule has 0 fully saturated rings. The predicted octanol–water partition coefficient (Wildman–Crippen LogP) is 1.87. The summed E-state index contributed by atoms with van der Waals surface area (Å²) in [6.45, 7) is 12.7. The first-order valence-corrected chi connectivity index (χ1v) is 6.95. The van der Waals surface area contributed by atoms with Gasteiger partial charge in [0.1, 0.15) is 12.7 Å². The molecule has 3 unspecified atom stereocenters. The van der Waals surface area contributed by atoms with E-state index in [-0.39, 0.29) is 30.9 Å². The quantitative estimate of drug-likeness (QED) is 0.453. The Morgan fingerprint density at radius 2 is 1.38 bits per heavy atom. The molecule has 0 rings (SSSR count). The van der Waals surface area contributed by atoms with Crippen LogP contribution in [0.4, 0.5) is 0 Å². The first-order valence-electron chi connectivity index (χ1n) is 6.95. The van der Waals surface area contributed by atoms with Gasteiger partial charge in [0.2, 0.25) is 0 Å². The second kappa shape index (κ2) is 10.3. The van der Waals surface area contributed by atoms with Crippen LogP contribution in [-0.4, -0.2) is 50.1 Å². The number of carbonyl (C=O) groups excluding carboxylic acids is 2. The lowest BCUT2D eigenvalue weighted by Crippen LogP contribution is -2.27. The van der Waals surface area contributed by atoms with Crippen LogP contribution in [0.15, 0.2) is 12.2 Å². The lowest BCUT2D eigenvalue weighted by Gasteiger charge is -2.19. The van der Waals surface area contributed by atoms with Crippen LogP contribution in [0.3, 0.4) is 0 Å². The van der Waals surface area contributed by atoms with Gasteiger partial charge in [-0.3, -0.25) is 4.79 Å². The maximum absolute atomic E-state index is 11.2. The molecule has 0 saturated heterocycles. The largest absolute Gasteiger partial charge is 0.460 e. The van der Waals surface area contributed by atoms with Crippen LogP contribution in [0, 0.1) is 0 Å². The van der Waals surface area contributed by atoms with E-state index in [4.69, 9.17) is 18.9 Å². The molecule has 0 saturated carbocycles. The monoisotopic (exact) mass is 302 g/mol. The molecule has 0 amide bonds. The molecule has 0 aromatic heterocycles. The Kier molecular flexibility index (Phi) is 9.65. The second-order valence-electron chi connectivity index (χ2n) is 5.09. The fraction of sp³-hybridized carbons (Fsp3) is 0.733. The van der Waals surface area contributed by atoms with Crippen molar-refractivity contribution in [3.8, 4) is 0 Å². The standard InChI is InChI=1S/C15H26O6/c1-10(2)15(17)20-8-12(4)18-7-11(3)19-9-13(5)21-14(6)16/h11-13H,1,7-9H2,2-6H3. The third-order valence-corrected chi connectivity index (χ3v) is 2.40. The Morgan fingerprint density at radius 3 is 1.86 bits per heavy atom. The van der Waals surface area contributed by atoms with E-state index in [0.717, 1.165) is 0 Å². The van der Waals surface area contributed by atoms with Crippen LogP contribution in [0.1, 0.15) is 34.6 Å². The SMILES string of the molecule is C=C(C)C(=O)OCC(C)OCC(C)OCC(C)OC(C)=O. The third-order valence-electron chi connectivity index (χ3n) is 2.40. The number of esters is 2. The highest BCUT2D eigenvalue weighted by molar-refractivity contribution is 5.86. The van der Waals surface area contributed by atoms with E-state index in [9.17, 15) is 9.59 Å². The Bertz CT molecular complexity index is 352. The Hall–Kier alpha value is -1.40. The van der Waals surface area contributed by atoms with Crippen molar-refractivity contribution < 1.29 is 28.5 Å². The van der Waals surface area contributed by atoms with Gasteiger partial charge in [0.15, 0.2) is 0 Å². The molecule has 0 bridgehead atoms. The average molecular weight is 302 g/mol. The molecule has 21 heavy (non-hydrogen) atoms. The molecular weight excluding hydrogens is 276 g/mol. The van der Waals surface area contributed by atoms with E-state index in [1.807, 2.05) is 6.92 Å². The zero-order valence-corrected chi connectivity index (χ0v) is 13.5. The van der Waals surface area contributed by atoms with Crippen LogP contribution < -0.4 is 0 Å². The van der Waals surface area contributed by atoms with E-state index in [1.54, 1.807) is 20.8 Å². The summed E-state index contributed by atoms with van der Waals surface area (Å²) in [5, 5.41) is 0.